The maximum absolute atomic E-state index is 5.30. The van der Waals surface area contributed by atoms with Gasteiger partial charge in [-0.1, -0.05) is 133 Å². The molecule has 3 heterocycles. The molecule has 6 heteroatoms. The Bertz CT molecular complexity index is 2860. The molecule has 234 valence electrons. The average Bonchev–Trinajstić information content (AvgIpc) is 3.79. The van der Waals surface area contributed by atoms with Crippen molar-refractivity contribution in [1.29, 1.82) is 0 Å². The van der Waals surface area contributed by atoms with Crippen molar-refractivity contribution in [2.75, 3.05) is 0 Å². The average molecular weight is 675 g/mol. The summed E-state index contributed by atoms with van der Waals surface area (Å²) in [6.07, 6.45) is 0. The van der Waals surface area contributed by atoms with Crippen molar-refractivity contribution in [2.45, 2.75) is 0 Å². The first-order valence-corrected chi connectivity index (χ1v) is 18.1. The van der Waals surface area contributed by atoms with Gasteiger partial charge in [-0.3, -0.25) is 0 Å². The molecule has 0 bridgehead atoms. The van der Waals surface area contributed by atoms with Crippen LogP contribution >= 0.6 is 22.7 Å². The Hall–Kier alpha value is -6.08. The zero-order valence-corrected chi connectivity index (χ0v) is 28.2. The monoisotopic (exact) mass is 674 g/mol. The van der Waals surface area contributed by atoms with Gasteiger partial charge >= 0.3 is 0 Å². The van der Waals surface area contributed by atoms with Crippen LogP contribution in [0.4, 0.5) is 0 Å². The molecule has 10 aromatic rings. The minimum absolute atomic E-state index is 0.621. The van der Waals surface area contributed by atoms with E-state index in [1.54, 1.807) is 22.7 Å². The van der Waals surface area contributed by atoms with Gasteiger partial charge in [0.05, 0.1) is 15.8 Å². The number of thiazole rings is 1. The third-order valence-electron chi connectivity index (χ3n) is 9.14. The van der Waals surface area contributed by atoms with Crippen LogP contribution in [0.3, 0.4) is 0 Å². The van der Waals surface area contributed by atoms with Crippen LogP contribution in [0.2, 0.25) is 0 Å². The van der Waals surface area contributed by atoms with E-state index in [0.717, 1.165) is 53.6 Å². The Morgan fingerprint density at radius 1 is 0.360 bits per heavy atom. The summed E-state index contributed by atoms with van der Waals surface area (Å²) in [5.74, 6) is 1.88. The minimum Gasteiger partial charge on any atom is -0.235 e. The van der Waals surface area contributed by atoms with Crippen LogP contribution in [0.25, 0.3) is 97.0 Å². The summed E-state index contributed by atoms with van der Waals surface area (Å²) in [4.78, 5) is 20.9. The Kier molecular flexibility index (Phi) is 6.82. The van der Waals surface area contributed by atoms with E-state index in [1.165, 1.54) is 25.9 Å². The normalized spacial score (nSPS) is 11.6. The van der Waals surface area contributed by atoms with Crippen LogP contribution in [0.1, 0.15) is 0 Å². The minimum atomic E-state index is 0.621. The second-order valence-electron chi connectivity index (χ2n) is 12.3. The quantitative estimate of drug-likeness (QED) is 0.182. The zero-order valence-electron chi connectivity index (χ0n) is 26.6. The number of rotatable bonds is 5. The largest absolute Gasteiger partial charge is 0.235 e. The maximum atomic E-state index is 5.30. The first-order valence-electron chi connectivity index (χ1n) is 16.5. The number of aromatic nitrogens is 4. The van der Waals surface area contributed by atoms with Gasteiger partial charge in [0.1, 0.15) is 5.01 Å². The van der Waals surface area contributed by atoms with Gasteiger partial charge in [0.2, 0.25) is 0 Å². The molecule has 7 aromatic carbocycles. The smallest absolute Gasteiger partial charge is 0.167 e. The molecule has 0 amide bonds. The lowest BCUT2D eigenvalue weighted by molar-refractivity contribution is 1.08. The Labute approximate surface area is 296 Å². The Morgan fingerprint density at radius 3 is 1.72 bits per heavy atom. The van der Waals surface area contributed by atoms with E-state index in [4.69, 9.17) is 19.9 Å². The predicted molar refractivity (Wildman–Crippen MR) is 211 cm³/mol. The summed E-state index contributed by atoms with van der Waals surface area (Å²) in [5.41, 5.74) is 7.19. The van der Waals surface area contributed by atoms with Crippen molar-refractivity contribution in [3.05, 3.63) is 158 Å². The van der Waals surface area contributed by atoms with E-state index in [-0.39, 0.29) is 0 Å². The molecule has 3 aromatic heterocycles. The standard InChI is InChI=1S/C44H26N4S2/c1-4-12-27(13-5-1)31-22-20-28-21-23-32(25-33(28)24-31)42-46-41(29-14-6-2-7-15-29)47-43(48-42)39-38-34-18-10-11-19-35(34)49-36(38)26-37-40(39)45-44(50-37)30-16-8-3-9-17-30/h1-26H. The molecule has 0 N–H and O–H groups in total. The molecule has 50 heavy (non-hydrogen) atoms. The third kappa shape index (κ3) is 4.96. The number of thiophene rings is 1. The van der Waals surface area contributed by atoms with Gasteiger partial charge in [-0.2, -0.15) is 0 Å². The van der Waals surface area contributed by atoms with Crippen molar-refractivity contribution in [1.82, 2.24) is 19.9 Å². The first-order chi connectivity index (χ1) is 24.7. The lowest BCUT2D eigenvalue weighted by Gasteiger charge is -2.11. The van der Waals surface area contributed by atoms with E-state index < -0.39 is 0 Å². The third-order valence-corrected chi connectivity index (χ3v) is 11.3. The van der Waals surface area contributed by atoms with Gasteiger partial charge in [-0.25, -0.2) is 19.9 Å². The van der Waals surface area contributed by atoms with Crippen LogP contribution in [-0.4, -0.2) is 19.9 Å². The van der Waals surface area contributed by atoms with Gasteiger partial charge in [-0.15, -0.1) is 22.7 Å². The highest BCUT2D eigenvalue weighted by Gasteiger charge is 2.23. The van der Waals surface area contributed by atoms with E-state index in [9.17, 15) is 0 Å². The fourth-order valence-corrected chi connectivity index (χ4v) is 8.97. The topological polar surface area (TPSA) is 51.6 Å². The summed E-state index contributed by atoms with van der Waals surface area (Å²) in [7, 11) is 0. The molecule has 0 unspecified atom stereocenters. The summed E-state index contributed by atoms with van der Waals surface area (Å²) in [6.45, 7) is 0. The van der Waals surface area contributed by atoms with Crippen LogP contribution in [0.5, 0.6) is 0 Å². The first kappa shape index (κ1) is 28.9. The van der Waals surface area contributed by atoms with Crippen molar-refractivity contribution < 1.29 is 0 Å². The highest BCUT2D eigenvalue weighted by atomic mass is 32.1. The molecular weight excluding hydrogens is 649 g/mol. The molecule has 0 fully saturated rings. The fourth-order valence-electron chi connectivity index (χ4n) is 6.72. The summed E-state index contributed by atoms with van der Waals surface area (Å²) >= 11 is 3.51. The van der Waals surface area contributed by atoms with Gasteiger partial charge in [0, 0.05) is 36.9 Å². The van der Waals surface area contributed by atoms with E-state index in [2.05, 4.69) is 127 Å². The molecule has 0 aliphatic rings. The van der Waals surface area contributed by atoms with Crippen LogP contribution in [0.15, 0.2) is 158 Å². The van der Waals surface area contributed by atoms with Crippen LogP contribution < -0.4 is 0 Å². The highest BCUT2D eigenvalue weighted by molar-refractivity contribution is 7.27. The highest BCUT2D eigenvalue weighted by Crippen LogP contribution is 2.46. The molecule has 0 saturated carbocycles. The van der Waals surface area contributed by atoms with Crippen LogP contribution in [0, 0.1) is 0 Å². The Morgan fingerprint density at radius 2 is 0.960 bits per heavy atom. The number of fused-ring (bicyclic) bond motifs is 5. The summed E-state index contributed by atoms with van der Waals surface area (Å²) in [5, 5.41) is 5.59. The number of nitrogens with zero attached hydrogens (tertiary/aromatic N) is 4. The molecule has 0 spiro atoms. The SMILES string of the molecule is c1ccc(-c2ccc3ccc(-c4nc(-c5ccccc5)nc(-c5c6nc(-c7ccccc7)sc6cc6sc7ccccc7c56)n4)cc3c2)cc1. The lowest BCUT2D eigenvalue weighted by atomic mass is 9.99. The van der Waals surface area contributed by atoms with Crippen molar-refractivity contribution in [3.63, 3.8) is 0 Å². The molecule has 4 nitrogen and oxygen atoms in total. The number of hydrogen-bond donors (Lipinski definition) is 0. The maximum Gasteiger partial charge on any atom is 0.167 e. The Balaban J connectivity index is 1.25. The zero-order chi connectivity index (χ0) is 33.0. The second-order valence-corrected chi connectivity index (χ2v) is 14.4. The molecule has 0 radical (unpaired) electrons. The number of hydrogen-bond acceptors (Lipinski definition) is 6. The number of benzene rings is 7. The van der Waals surface area contributed by atoms with Gasteiger partial charge in [-0.05, 0) is 46.2 Å². The molecule has 0 aliphatic heterocycles. The summed E-state index contributed by atoms with van der Waals surface area (Å²) in [6, 6.07) is 55.0. The van der Waals surface area contributed by atoms with E-state index in [1.807, 2.05) is 30.3 Å². The lowest BCUT2D eigenvalue weighted by Crippen LogP contribution is -2.01. The van der Waals surface area contributed by atoms with Crippen molar-refractivity contribution >= 4 is 63.8 Å². The molecule has 0 atom stereocenters. The summed E-state index contributed by atoms with van der Waals surface area (Å²) < 4.78 is 3.53. The van der Waals surface area contributed by atoms with Crippen molar-refractivity contribution in [2.24, 2.45) is 0 Å². The van der Waals surface area contributed by atoms with E-state index in [0.29, 0.717) is 17.5 Å². The molecular formula is C44H26N4S2. The van der Waals surface area contributed by atoms with Gasteiger partial charge in [0.25, 0.3) is 0 Å². The molecule has 10 rings (SSSR count). The molecule has 0 aliphatic carbocycles. The van der Waals surface area contributed by atoms with Gasteiger partial charge < -0.3 is 0 Å². The van der Waals surface area contributed by atoms with Crippen molar-refractivity contribution in [3.8, 4) is 55.9 Å². The van der Waals surface area contributed by atoms with E-state index >= 15 is 0 Å². The molecule has 0 saturated heterocycles. The predicted octanol–water partition coefficient (Wildman–Crippen LogP) is 12.3. The fraction of sp³-hybridized carbons (Fsp3) is 0. The second kappa shape index (κ2) is 11.8. The van der Waals surface area contributed by atoms with Gasteiger partial charge in [0.15, 0.2) is 17.5 Å². The van der Waals surface area contributed by atoms with Crippen LogP contribution in [-0.2, 0) is 0 Å².